The Hall–Kier alpha value is -3.75. The van der Waals surface area contributed by atoms with E-state index in [1.165, 1.54) is 56.0 Å². The molecule has 0 bridgehead atoms. The van der Waals surface area contributed by atoms with Crippen LogP contribution in [-0.4, -0.2) is 28.0 Å². The molecule has 3 aromatic rings. The van der Waals surface area contributed by atoms with Crippen LogP contribution in [0.5, 0.6) is 5.75 Å². The molecule has 0 aliphatic carbocycles. The number of aromatic nitrogens is 2. The smallest absolute Gasteiger partial charge is 0.406 e. The van der Waals surface area contributed by atoms with Crippen molar-refractivity contribution in [2.24, 2.45) is 0 Å². The van der Waals surface area contributed by atoms with E-state index in [1.807, 2.05) is 0 Å². The Morgan fingerprint density at radius 1 is 1.00 bits per heavy atom. The first kappa shape index (κ1) is 20.0. The quantitative estimate of drug-likeness (QED) is 0.637. The number of Topliss-reactive ketones (excluding diaryl/α,β-unsaturated/α-hetero) is 1. The lowest BCUT2D eigenvalue weighted by atomic mass is 9.96. The zero-order chi connectivity index (χ0) is 21.0. The Morgan fingerprint density at radius 2 is 1.66 bits per heavy atom. The molecule has 0 saturated carbocycles. The van der Waals surface area contributed by atoms with Crippen molar-refractivity contribution in [1.82, 2.24) is 9.97 Å². The number of alkyl halides is 3. The van der Waals surface area contributed by atoms with Crippen molar-refractivity contribution in [3.8, 4) is 16.9 Å². The normalized spacial score (nSPS) is 11.0. The predicted molar refractivity (Wildman–Crippen MR) is 98.6 cm³/mol. The molecule has 0 spiro atoms. The first-order valence-corrected chi connectivity index (χ1v) is 8.30. The first-order valence-electron chi connectivity index (χ1n) is 8.30. The van der Waals surface area contributed by atoms with Gasteiger partial charge in [-0.3, -0.25) is 9.59 Å². The van der Waals surface area contributed by atoms with Gasteiger partial charge < -0.3 is 10.1 Å². The molecule has 1 aromatic heterocycles. The average Bonchev–Trinajstić information content (AvgIpc) is 2.68. The fourth-order valence-corrected chi connectivity index (χ4v) is 2.61. The van der Waals surface area contributed by atoms with Crippen LogP contribution in [0.25, 0.3) is 11.1 Å². The maximum atomic E-state index is 12.6. The number of carbonyl (C=O) groups excluding carboxylic acids is 2. The van der Waals surface area contributed by atoms with Crippen molar-refractivity contribution >= 4 is 17.4 Å². The molecule has 1 heterocycles. The van der Waals surface area contributed by atoms with Crippen LogP contribution in [0, 0.1) is 0 Å². The number of anilines is 1. The molecular weight excluding hydrogens is 387 g/mol. The highest BCUT2D eigenvalue weighted by molar-refractivity contribution is 6.07. The minimum Gasteiger partial charge on any atom is -0.406 e. The number of benzene rings is 2. The van der Waals surface area contributed by atoms with Crippen molar-refractivity contribution in [2.75, 3.05) is 5.32 Å². The molecule has 0 aliphatic heterocycles. The van der Waals surface area contributed by atoms with Crippen LogP contribution < -0.4 is 10.1 Å². The summed E-state index contributed by atoms with van der Waals surface area (Å²) in [5.74, 6) is -1.08. The summed E-state index contributed by atoms with van der Waals surface area (Å²) in [6.45, 7) is 1.41. The van der Waals surface area contributed by atoms with Gasteiger partial charge in [0.05, 0.1) is 0 Å². The van der Waals surface area contributed by atoms with Gasteiger partial charge in [-0.2, -0.15) is 0 Å². The molecule has 9 heteroatoms. The van der Waals surface area contributed by atoms with Crippen molar-refractivity contribution < 1.29 is 27.5 Å². The molecule has 6 nitrogen and oxygen atoms in total. The van der Waals surface area contributed by atoms with E-state index < -0.39 is 18.0 Å². The second-order valence-electron chi connectivity index (χ2n) is 5.97. The molecule has 3 rings (SSSR count). The Labute approximate surface area is 163 Å². The molecule has 0 saturated heterocycles. The van der Waals surface area contributed by atoms with E-state index in [-0.39, 0.29) is 17.0 Å². The van der Waals surface area contributed by atoms with E-state index in [4.69, 9.17) is 0 Å². The number of ether oxygens (including phenoxy) is 1. The lowest BCUT2D eigenvalue weighted by Gasteiger charge is -2.11. The minimum absolute atomic E-state index is 0.184. The number of amides is 1. The Balaban J connectivity index is 1.83. The average molecular weight is 401 g/mol. The van der Waals surface area contributed by atoms with Crippen LogP contribution in [0.1, 0.15) is 27.6 Å². The Bertz CT molecular complexity index is 1040. The third-order valence-corrected chi connectivity index (χ3v) is 3.88. The van der Waals surface area contributed by atoms with Gasteiger partial charge in [0.15, 0.2) is 5.78 Å². The molecule has 2 aromatic carbocycles. The van der Waals surface area contributed by atoms with Crippen LogP contribution in [0.2, 0.25) is 0 Å². The zero-order valence-corrected chi connectivity index (χ0v) is 15.0. The number of hydrogen-bond donors (Lipinski definition) is 1. The van der Waals surface area contributed by atoms with Gasteiger partial charge in [0.1, 0.15) is 12.1 Å². The van der Waals surface area contributed by atoms with E-state index in [2.05, 4.69) is 20.0 Å². The second-order valence-corrected chi connectivity index (χ2v) is 5.97. The van der Waals surface area contributed by atoms with Gasteiger partial charge in [-0.05, 0) is 48.9 Å². The van der Waals surface area contributed by atoms with Crippen LogP contribution in [0.15, 0.2) is 61.2 Å². The largest absolute Gasteiger partial charge is 0.573 e. The van der Waals surface area contributed by atoms with Crippen LogP contribution in [0.4, 0.5) is 18.9 Å². The summed E-state index contributed by atoms with van der Waals surface area (Å²) >= 11 is 0. The molecule has 148 valence electrons. The lowest BCUT2D eigenvalue weighted by molar-refractivity contribution is -0.274. The Kier molecular flexibility index (Phi) is 5.58. The topological polar surface area (TPSA) is 81.2 Å². The van der Waals surface area contributed by atoms with E-state index in [0.29, 0.717) is 16.7 Å². The van der Waals surface area contributed by atoms with Crippen LogP contribution in [0.3, 0.4) is 0 Å². The number of nitrogens with one attached hydrogen (secondary N) is 1. The lowest BCUT2D eigenvalue weighted by Crippen LogP contribution is -2.17. The molecule has 0 fully saturated rings. The van der Waals surface area contributed by atoms with Gasteiger partial charge in [0, 0.05) is 34.8 Å². The summed E-state index contributed by atoms with van der Waals surface area (Å²) in [6, 6.07) is 9.30. The Morgan fingerprint density at radius 3 is 2.24 bits per heavy atom. The standard InChI is InChI=1S/C20H14F3N3O3/c1-12(27)17-7-2-13(8-18(17)14-9-24-11-25-10-14)19(28)26-15-3-5-16(6-4-15)29-20(21,22)23/h2-11H,1H3,(H,26,28). The van der Waals surface area contributed by atoms with Gasteiger partial charge in [-0.1, -0.05) is 6.07 Å². The molecule has 1 N–H and O–H groups in total. The van der Waals surface area contributed by atoms with Crippen molar-refractivity contribution in [3.05, 3.63) is 72.3 Å². The molecule has 29 heavy (non-hydrogen) atoms. The van der Waals surface area contributed by atoms with Crippen molar-refractivity contribution in [3.63, 3.8) is 0 Å². The maximum absolute atomic E-state index is 12.6. The summed E-state index contributed by atoms with van der Waals surface area (Å²) in [6.07, 6.45) is -0.397. The fraction of sp³-hybridized carbons (Fsp3) is 0.100. The van der Waals surface area contributed by atoms with Gasteiger partial charge in [-0.25, -0.2) is 9.97 Å². The summed E-state index contributed by atoms with van der Waals surface area (Å²) in [5.41, 5.74) is 2.01. The number of carbonyl (C=O) groups is 2. The summed E-state index contributed by atoms with van der Waals surface area (Å²) < 4.78 is 40.4. The van der Waals surface area contributed by atoms with Gasteiger partial charge in [0.2, 0.25) is 0 Å². The van der Waals surface area contributed by atoms with Crippen LogP contribution in [-0.2, 0) is 0 Å². The highest BCUT2D eigenvalue weighted by atomic mass is 19.4. The number of nitrogens with zero attached hydrogens (tertiary/aromatic N) is 2. The van der Waals surface area contributed by atoms with E-state index in [9.17, 15) is 22.8 Å². The van der Waals surface area contributed by atoms with E-state index in [1.54, 1.807) is 0 Å². The summed E-state index contributed by atoms with van der Waals surface area (Å²) in [5, 5.41) is 2.58. The molecular formula is C20H14F3N3O3. The van der Waals surface area contributed by atoms with Crippen molar-refractivity contribution in [2.45, 2.75) is 13.3 Å². The zero-order valence-electron chi connectivity index (χ0n) is 15.0. The molecule has 0 atom stereocenters. The van der Waals surface area contributed by atoms with Gasteiger partial charge in [-0.15, -0.1) is 13.2 Å². The van der Waals surface area contributed by atoms with E-state index >= 15 is 0 Å². The van der Waals surface area contributed by atoms with Gasteiger partial charge >= 0.3 is 6.36 Å². The minimum atomic E-state index is -4.79. The highest BCUT2D eigenvalue weighted by Gasteiger charge is 2.31. The molecule has 0 aliphatic rings. The number of ketones is 1. The summed E-state index contributed by atoms with van der Waals surface area (Å²) in [7, 11) is 0. The maximum Gasteiger partial charge on any atom is 0.573 e. The molecule has 1 amide bonds. The third kappa shape index (κ3) is 5.16. The van der Waals surface area contributed by atoms with Gasteiger partial charge in [0.25, 0.3) is 5.91 Å². The van der Waals surface area contributed by atoms with E-state index in [0.717, 1.165) is 12.1 Å². The molecule has 0 radical (unpaired) electrons. The molecule has 0 unspecified atom stereocenters. The number of hydrogen-bond acceptors (Lipinski definition) is 5. The summed E-state index contributed by atoms with van der Waals surface area (Å²) in [4.78, 5) is 32.3. The third-order valence-electron chi connectivity index (χ3n) is 3.88. The monoisotopic (exact) mass is 401 g/mol. The first-order chi connectivity index (χ1) is 13.7. The highest BCUT2D eigenvalue weighted by Crippen LogP contribution is 2.26. The number of halogens is 3. The van der Waals surface area contributed by atoms with Crippen molar-refractivity contribution in [1.29, 1.82) is 0 Å². The predicted octanol–water partition coefficient (Wildman–Crippen LogP) is 4.50. The fourth-order valence-electron chi connectivity index (χ4n) is 2.61. The number of rotatable bonds is 5. The SMILES string of the molecule is CC(=O)c1ccc(C(=O)Nc2ccc(OC(F)(F)F)cc2)cc1-c1cncnc1. The van der Waals surface area contributed by atoms with Crippen LogP contribution >= 0.6 is 0 Å². The second kappa shape index (κ2) is 8.09.